The zero-order valence-electron chi connectivity index (χ0n) is 13.3. The Balaban J connectivity index is 2.03. The summed E-state index contributed by atoms with van der Waals surface area (Å²) in [5, 5.41) is 3.73. The second-order valence-electron chi connectivity index (χ2n) is 5.38. The van der Waals surface area contributed by atoms with Gasteiger partial charge < -0.3 is 5.32 Å². The van der Waals surface area contributed by atoms with Crippen molar-refractivity contribution in [2.24, 2.45) is 0 Å². The molecule has 1 atom stereocenters. The number of hydrogen-bond acceptors (Lipinski definition) is 5. The van der Waals surface area contributed by atoms with Crippen molar-refractivity contribution in [3.63, 3.8) is 0 Å². The van der Waals surface area contributed by atoms with Crippen LogP contribution in [0.1, 0.15) is 54.9 Å². The molecule has 0 bridgehead atoms. The van der Waals surface area contributed by atoms with Crippen LogP contribution in [0.15, 0.2) is 18.5 Å². The molecule has 0 saturated carbocycles. The second-order valence-corrected chi connectivity index (χ2v) is 6.38. The van der Waals surface area contributed by atoms with Gasteiger partial charge in [0, 0.05) is 18.4 Å². The molecule has 0 fully saturated rings. The van der Waals surface area contributed by atoms with Crippen LogP contribution in [0, 0.1) is 6.92 Å². The van der Waals surface area contributed by atoms with Crippen molar-refractivity contribution in [2.75, 3.05) is 0 Å². The molecule has 0 spiro atoms. The summed E-state index contributed by atoms with van der Waals surface area (Å²) in [6.07, 6.45) is 7.89. The summed E-state index contributed by atoms with van der Waals surface area (Å²) in [6, 6.07) is 1.94. The number of nitrogens with one attached hydrogen (secondary N) is 1. The smallest absolute Gasteiger partial charge is 0.263 e. The van der Waals surface area contributed by atoms with E-state index in [-0.39, 0.29) is 11.9 Å². The molecule has 5 nitrogen and oxygen atoms in total. The minimum atomic E-state index is -0.0545. The summed E-state index contributed by atoms with van der Waals surface area (Å²) in [5.41, 5.74) is 0.728. The third-order valence-electron chi connectivity index (χ3n) is 3.38. The highest BCUT2D eigenvalue weighted by Gasteiger charge is 2.18. The first kappa shape index (κ1) is 16.5. The molecular weight excluding hydrogens is 296 g/mol. The molecule has 2 aromatic heterocycles. The van der Waals surface area contributed by atoms with Gasteiger partial charge in [0.15, 0.2) is 10.8 Å². The Labute approximate surface area is 135 Å². The normalized spacial score (nSPS) is 12.1. The largest absolute Gasteiger partial charge is 0.349 e. The molecule has 1 N–H and O–H groups in total. The third-order valence-corrected chi connectivity index (χ3v) is 4.53. The van der Waals surface area contributed by atoms with Gasteiger partial charge in [-0.2, -0.15) is 0 Å². The summed E-state index contributed by atoms with van der Waals surface area (Å²) >= 11 is 1.34. The van der Waals surface area contributed by atoms with Crippen LogP contribution in [0.4, 0.5) is 0 Å². The van der Waals surface area contributed by atoms with Crippen LogP contribution < -0.4 is 5.32 Å². The van der Waals surface area contributed by atoms with Crippen molar-refractivity contribution < 1.29 is 4.79 Å². The van der Waals surface area contributed by atoms with E-state index in [4.69, 9.17) is 0 Å². The van der Waals surface area contributed by atoms with Gasteiger partial charge in [-0.3, -0.25) is 4.79 Å². The van der Waals surface area contributed by atoms with E-state index in [1.807, 2.05) is 13.8 Å². The first-order valence-corrected chi connectivity index (χ1v) is 8.49. The number of aromatic nitrogens is 3. The molecule has 2 aromatic rings. The molecule has 22 heavy (non-hydrogen) atoms. The Kier molecular flexibility index (Phi) is 6.00. The molecule has 0 aliphatic carbocycles. The zero-order chi connectivity index (χ0) is 15.9. The van der Waals surface area contributed by atoms with Gasteiger partial charge in [0.2, 0.25) is 0 Å². The van der Waals surface area contributed by atoms with Crippen LogP contribution in [0.3, 0.4) is 0 Å². The van der Waals surface area contributed by atoms with E-state index in [2.05, 4.69) is 27.2 Å². The first-order chi connectivity index (χ1) is 10.6. The van der Waals surface area contributed by atoms with E-state index in [9.17, 15) is 4.79 Å². The Bertz CT molecular complexity index is 612. The van der Waals surface area contributed by atoms with Gasteiger partial charge in [-0.05, 0) is 26.3 Å². The van der Waals surface area contributed by atoms with Crippen molar-refractivity contribution >= 4 is 17.2 Å². The van der Waals surface area contributed by atoms with E-state index < -0.39 is 0 Å². The van der Waals surface area contributed by atoms with Crippen molar-refractivity contribution in [1.82, 2.24) is 20.3 Å². The van der Waals surface area contributed by atoms with Gasteiger partial charge in [0.25, 0.3) is 5.91 Å². The minimum absolute atomic E-state index is 0.0545. The number of rotatable bonds is 7. The lowest BCUT2D eigenvalue weighted by Gasteiger charge is -2.12. The highest BCUT2D eigenvalue weighted by Crippen LogP contribution is 2.25. The predicted molar refractivity (Wildman–Crippen MR) is 88.9 cm³/mol. The summed E-state index contributed by atoms with van der Waals surface area (Å²) in [6.45, 7) is 6.07. The molecule has 2 heterocycles. The molecular formula is C16H22N4OS. The lowest BCUT2D eigenvalue weighted by Crippen LogP contribution is -2.32. The molecule has 0 saturated heterocycles. The van der Waals surface area contributed by atoms with Crippen molar-refractivity contribution in [3.8, 4) is 10.8 Å². The molecule has 0 aliphatic heterocycles. The van der Waals surface area contributed by atoms with E-state index in [0.717, 1.165) is 18.5 Å². The number of amides is 1. The van der Waals surface area contributed by atoms with Gasteiger partial charge in [-0.15, -0.1) is 11.3 Å². The lowest BCUT2D eigenvalue weighted by molar-refractivity contribution is 0.0941. The van der Waals surface area contributed by atoms with Crippen LogP contribution in [-0.4, -0.2) is 26.9 Å². The standard InChI is InChI=1S/C16H22N4OS/c1-4-5-6-8-11(2)19-15(21)13-12(3)20-16(22-13)14-17-9-7-10-18-14/h7,9-11H,4-6,8H2,1-3H3,(H,19,21)/t11-/m0/s1. The Morgan fingerprint density at radius 2 is 2.05 bits per heavy atom. The Morgan fingerprint density at radius 3 is 2.73 bits per heavy atom. The molecule has 0 unspecified atom stereocenters. The number of carbonyl (C=O) groups is 1. The number of carbonyl (C=O) groups excluding carboxylic acids is 1. The van der Waals surface area contributed by atoms with Crippen LogP contribution in [0.25, 0.3) is 10.8 Å². The molecule has 6 heteroatoms. The molecule has 118 valence electrons. The highest BCUT2D eigenvalue weighted by molar-refractivity contribution is 7.17. The van der Waals surface area contributed by atoms with Gasteiger partial charge in [0.1, 0.15) is 4.88 Å². The van der Waals surface area contributed by atoms with Crippen LogP contribution >= 0.6 is 11.3 Å². The number of hydrogen-bond donors (Lipinski definition) is 1. The average Bonchev–Trinajstić information content (AvgIpc) is 2.90. The predicted octanol–water partition coefficient (Wildman–Crippen LogP) is 3.61. The molecule has 1 amide bonds. The first-order valence-electron chi connectivity index (χ1n) is 7.67. The number of nitrogens with zero attached hydrogens (tertiary/aromatic N) is 3. The lowest BCUT2D eigenvalue weighted by atomic mass is 10.1. The maximum atomic E-state index is 12.4. The average molecular weight is 318 g/mol. The van der Waals surface area contributed by atoms with Gasteiger partial charge in [-0.25, -0.2) is 15.0 Å². The maximum Gasteiger partial charge on any atom is 0.263 e. The second kappa shape index (κ2) is 7.98. The van der Waals surface area contributed by atoms with E-state index in [0.29, 0.717) is 15.7 Å². The topological polar surface area (TPSA) is 67.8 Å². The van der Waals surface area contributed by atoms with Crippen molar-refractivity contribution in [2.45, 2.75) is 52.5 Å². The van der Waals surface area contributed by atoms with Gasteiger partial charge in [0.05, 0.1) is 5.69 Å². The number of thiazole rings is 1. The Morgan fingerprint density at radius 1 is 1.32 bits per heavy atom. The minimum Gasteiger partial charge on any atom is -0.349 e. The van der Waals surface area contributed by atoms with Crippen LogP contribution in [-0.2, 0) is 0 Å². The maximum absolute atomic E-state index is 12.4. The van der Waals surface area contributed by atoms with Crippen LogP contribution in [0.2, 0.25) is 0 Å². The van der Waals surface area contributed by atoms with E-state index in [1.54, 1.807) is 18.5 Å². The van der Waals surface area contributed by atoms with E-state index in [1.165, 1.54) is 24.2 Å². The SMILES string of the molecule is CCCCC[C@H](C)NC(=O)c1sc(-c2ncccn2)nc1C. The van der Waals surface area contributed by atoms with Gasteiger partial charge >= 0.3 is 0 Å². The number of aryl methyl sites for hydroxylation is 1. The van der Waals surface area contributed by atoms with Crippen LogP contribution in [0.5, 0.6) is 0 Å². The fraction of sp³-hybridized carbons (Fsp3) is 0.500. The molecule has 2 rings (SSSR count). The monoisotopic (exact) mass is 318 g/mol. The summed E-state index contributed by atoms with van der Waals surface area (Å²) < 4.78 is 0. The molecule has 0 aliphatic rings. The number of unbranched alkanes of at least 4 members (excludes halogenated alkanes) is 2. The van der Waals surface area contributed by atoms with Crippen molar-refractivity contribution in [1.29, 1.82) is 0 Å². The molecule has 0 radical (unpaired) electrons. The fourth-order valence-corrected chi connectivity index (χ4v) is 3.09. The summed E-state index contributed by atoms with van der Waals surface area (Å²) in [4.78, 5) is 25.8. The van der Waals surface area contributed by atoms with E-state index >= 15 is 0 Å². The zero-order valence-corrected chi connectivity index (χ0v) is 14.1. The highest BCUT2D eigenvalue weighted by atomic mass is 32.1. The van der Waals surface area contributed by atoms with Crippen molar-refractivity contribution in [3.05, 3.63) is 29.0 Å². The fourth-order valence-electron chi connectivity index (χ4n) is 2.17. The Hall–Kier alpha value is -1.82. The third kappa shape index (κ3) is 4.34. The summed E-state index contributed by atoms with van der Waals surface area (Å²) in [5.74, 6) is 0.506. The summed E-state index contributed by atoms with van der Waals surface area (Å²) in [7, 11) is 0. The quantitative estimate of drug-likeness (QED) is 0.792. The van der Waals surface area contributed by atoms with Gasteiger partial charge in [-0.1, -0.05) is 26.2 Å². The molecule has 0 aromatic carbocycles.